The van der Waals surface area contributed by atoms with E-state index in [1.54, 1.807) is 24.3 Å². The average molecular weight is 196 g/mol. The predicted molar refractivity (Wildman–Crippen MR) is 50.0 cm³/mol. The molecule has 1 aromatic carbocycles. The van der Waals surface area contributed by atoms with Crippen molar-refractivity contribution in [1.29, 1.82) is 0 Å². The molecule has 1 aromatic rings. The minimum atomic E-state index is -1.30. The van der Waals surface area contributed by atoms with Gasteiger partial charge in [0.25, 0.3) is 0 Å². The quantitative estimate of drug-likeness (QED) is 0.730. The standard InChI is InChI=1S/C10H12O4/c1-13-8-6-4-3-5-7(8)9(11)10(12)14-2/h3-6,9,11H,1-2H3/t9-/m1/s1. The molecule has 0 radical (unpaired) electrons. The third-order valence-electron chi connectivity index (χ3n) is 1.86. The summed E-state index contributed by atoms with van der Waals surface area (Å²) in [6.07, 6.45) is -1.30. The van der Waals surface area contributed by atoms with Crippen LogP contribution >= 0.6 is 0 Å². The molecule has 0 heterocycles. The lowest BCUT2D eigenvalue weighted by molar-refractivity contribution is -0.150. The van der Waals surface area contributed by atoms with E-state index in [9.17, 15) is 9.90 Å². The van der Waals surface area contributed by atoms with Crippen molar-refractivity contribution in [2.45, 2.75) is 6.10 Å². The van der Waals surface area contributed by atoms with Crippen molar-refractivity contribution in [1.82, 2.24) is 0 Å². The average Bonchev–Trinajstić information content (AvgIpc) is 2.26. The number of carbonyl (C=O) groups is 1. The van der Waals surface area contributed by atoms with Crippen LogP contribution in [0.4, 0.5) is 0 Å². The number of methoxy groups -OCH3 is 2. The normalized spacial score (nSPS) is 11.9. The Balaban J connectivity index is 2.99. The second-order valence-corrected chi connectivity index (χ2v) is 2.67. The minimum absolute atomic E-state index is 0.404. The van der Waals surface area contributed by atoms with Crippen molar-refractivity contribution in [3.05, 3.63) is 29.8 Å². The third kappa shape index (κ3) is 2.03. The molecule has 0 bridgehead atoms. The van der Waals surface area contributed by atoms with E-state index < -0.39 is 12.1 Å². The molecular weight excluding hydrogens is 184 g/mol. The largest absolute Gasteiger partial charge is 0.496 e. The van der Waals surface area contributed by atoms with Gasteiger partial charge < -0.3 is 14.6 Å². The molecule has 0 saturated carbocycles. The molecule has 0 amide bonds. The SMILES string of the molecule is COC(=O)[C@H](O)c1ccccc1OC. The van der Waals surface area contributed by atoms with Crippen LogP contribution in [0.25, 0.3) is 0 Å². The molecule has 76 valence electrons. The van der Waals surface area contributed by atoms with Gasteiger partial charge in [0.1, 0.15) is 5.75 Å². The van der Waals surface area contributed by atoms with Crippen molar-refractivity contribution in [3.63, 3.8) is 0 Å². The van der Waals surface area contributed by atoms with E-state index in [0.717, 1.165) is 0 Å². The highest BCUT2D eigenvalue weighted by atomic mass is 16.5. The zero-order valence-corrected chi connectivity index (χ0v) is 8.06. The molecule has 1 rings (SSSR count). The maximum atomic E-state index is 11.1. The Morgan fingerprint density at radius 2 is 2.00 bits per heavy atom. The lowest BCUT2D eigenvalue weighted by Crippen LogP contribution is -2.14. The zero-order valence-electron chi connectivity index (χ0n) is 8.06. The number of hydrogen-bond acceptors (Lipinski definition) is 4. The van der Waals surface area contributed by atoms with Gasteiger partial charge in [0.05, 0.1) is 14.2 Å². The van der Waals surface area contributed by atoms with E-state index >= 15 is 0 Å². The maximum Gasteiger partial charge on any atom is 0.339 e. The van der Waals surface area contributed by atoms with Gasteiger partial charge in [-0.15, -0.1) is 0 Å². The lowest BCUT2D eigenvalue weighted by Gasteiger charge is -2.12. The first-order valence-electron chi connectivity index (χ1n) is 4.09. The summed E-state index contributed by atoms with van der Waals surface area (Å²) in [5.41, 5.74) is 0.404. The Morgan fingerprint density at radius 3 is 2.57 bits per heavy atom. The number of rotatable bonds is 3. The Labute approximate surface area is 82.1 Å². The van der Waals surface area contributed by atoms with Crippen LogP contribution in [0.3, 0.4) is 0 Å². The van der Waals surface area contributed by atoms with Crippen LogP contribution < -0.4 is 4.74 Å². The first kappa shape index (κ1) is 10.5. The number of para-hydroxylation sites is 1. The van der Waals surface area contributed by atoms with Crippen LogP contribution in [0.15, 0.2) is 24.3 Å². The highest BCUT2D eigenvalue weighted by molar-refractivity contribution is 5.77. The monoisotopic (exact) mass is 196 g/mol. The molecule has 0 fully saturated rings. The molecule has 14 heavy (non-hydrogen) atoms. The Bertz CT molecular complexity index is 322. The summed E-state index contributed by atoms with van der Waals surface area (Å²) in [6, 6.07) is 6.75. The van der Waals surface area contributed by atoms with E-state index in [4.69, 9.17) is 4.74 Å². The minimum Gasteiger partial charge on any atom is -0.496 e. The van der Waals surface area contributed by atoms with Crippen molar-refractivity contribution in [2.24, 2.45) is 0 Å². The third-order valence-corrected chi connectivity index (χ3v) is 1.86. The summed E-state index contributed by atoms with van der Waals surface area (Å²) in [6.45, 7) is 0. The molecule has 0 saturated heterocycles. The van der Waals surface area contributed by atoms with Gasteiger partial charge in [-0.1, -0.05) is 18.2 Å². The van der Waals surface area contributed by atoms with E-state index in [1.807, 2.05) is 0 Å². The van der Waals surface area contributed by atoms with Crippen LogP contribution in [0, 0.1) is 0 Å². The van der Waals surface area contributed by atoms with Crippen LogP contribution in [0.1, 0.15) is 11.7 Å². The number of aliphatic hydroxyl groups excluding tert-OH is 1. The number of ether oxygens (including phenoxy) is 2. The first-order valence-corrected chi connectivity index (χ1v) is 4.09. The summed E-state index contributed by atoms with van der Waals surface area (Å²) < 4.78 is 9.41. The van der Waals surface area contributed by atoms with Crippen molar-refractivity contribution >= 4 is 5.97 Å². The van der Waals surface area contributed by atoms with Crippen LogP contribution in [0.2, 0.25) is 0 Å². The summed E-state index contributed by atoms with van der Waals surface area (Å²) >= 11 is 0. The van der Waals surface area contributed by atoms with Crippen molar-refractivity contribution in [3.8, 4) is 5.75 Å². The molecule has 1 atom stereocenters. The Hall–Kier alpha value is -1.55. The van der Waals surface area contributed by atoms with Crippen molar-refractivity contribution in [2.75, 3.05) is 14.2 Å². The highest BCUT2D eigenvalue weighted by Crippen LogP contribution is 2.25. The molecule has 1 N–H and O–H groups in total. The van der Waals surface area contributed by atoms with Crippen LogP contribution in [-0.2, 0) is 9.53 Å². The molecule has 0 aliphatic carbocycles. The zero-order chi connectivity index (χ0) is 10.6. The first-order chi connectivity index (χ1) is 6.70. The molecule has 4 heteroatoms. The fourth-order valence-electron chi connectivity index (χ4n) is 1.13. The van der Waals surface area contributed by atoms with Crippen LogP contribution in [0.5, 0.6) is 5.75 Å². The Kier molecular flexibility index (Phi) is 3.48. The molecule has 0 spiro atoms. The molecular formula is C10H12O4. The fraction of sp³-hybridized carbons (Fsp3) is 0.300. The van der Waals surface area contributed by atoms with Gasteiger partial charge in [-0.3, -0.25) is 0 Å². The smallest absolute Gasteiger partial charge is 0.339 e. The topological polar surface area (TPSA) is 55.8 Å². The van der Waals surface area contributed by atoms with E-state index in [0.29, 0.717) is 11.3 Å². The highest BCUT2D eigenvalue weighted by Gasteiger charge is 2.20. The summed E-state index contributed by atoms with van der Waals surface area (Å²) in [7, 11) is 2.70. The summed E-state index contributed by atoms with van der Waals surface area (Å²) in [5.74, 6) is -0.236. The van der Waals surface area contributed by atoms with Gasteiger partial charge in [-0.05, 0) is 6.07 Å². The van der Waals surface area contributed by atoms with E-state index in [1.165, 1.54) is 14.2 Å². The molecule has 0 aliphatic rings. The van der Waals surface area contributed by atoms with Gasteiger partial charge in [-0.25, -0.2) is 4.79 Å². The van der Waals surface area contributed by atoms with Gasteiger partial charge in [0, 0.05) is 5.56 Å². The van der Waals surface area contributed by atoms with E-state index in [-0.39, 0.29) is 0 Å². The molecule has 0 aromatic heterocycles. The lowest BCUT2D eigenvalue weighted by atomic mass is 10.1. The number of carbonyl (C=O) groups excluding carboxylic acids is 1. The summed E-state index contributed by atoms with van der Waals surface area (Å²) in [5, 5.41) is 9.55. The predicted octanol–water partition coefficient (Wildman–Crippen LogP) is 0.902. The number of benzene rings is 1. The summed E-state index contributed by atoms with van der Waals surface area (Å²) in [4.78, 5) is 11.1. The van der Waals surface area contributed by atoms with Gasteiger partial charge in [0.2, 0.25) is 0 Å². The Morgan fingerprint density at radius 1 is 1.36 bits per heavy atom. The number of hydrogen-bond donors (Lipinski definition) is 1. The van der Waals surface area contributed by atoms with Crippen LogP contribution in [-0.4, -0.2) is 25.3 Å². The van der Waals surface area contributed by atoms with Gasteiger partial charge in [0.15, 0.2) is 6.10 Å². The second-order valence-electron chi connectivity index (χ2n) is 2.67. The molecule has 0 aliphatic heterocycles. The molecule has 0 unspecified atom stereocenters. The maximum absolute atomic E-state index is 11.1. The fourth-order valence-corrected chi connectivity index (χ4v) is 1.13. The number of aliphatic hydroxyl groups is 1. The van der Waals surface area contributed by atoms with Gasteiger partial charge >= 0.3 is 5.97 Å². The van der Waals surface area contributed by atoms with Gasteiger partial charge in [-0.2, -0.15) is 0 Å². The van der Waals surface area contributed by atoms with E-state index in [2.05, 4.69) is 4.74 Å². The number of esters is 1. The van der Waals surface area contributed by atoms with Crippen molar-refractivity contribution < 1.29 is 19.4 Å². The second kappa shape index (κ2) is 4.62. The molecule has 4 nitrogen and oxygen atoms in total.